The molecular weight excluding hydrogens is 277 g/mol. The monoisotopic (exact) mass is 288 g/mol. The van der Waals surface area contributed by atoms with Gasteiger partial charge in [0.15, 0.2) is 0 Å². The number of carbonyl (C=O) groups excluding carboxylic acids is 1. The van der Waals surface area contributed by atoms with E-state index in [9.17, 15) is 22.8 Å². The molecule has 1 aliphatic heterocycles. The van der Waals surface area contributed by atoms with Crippen molar-refractivity contribution < 1.29 is 27.9 Å². The Morgan fingerprint density at radius 3 is 2.55 bits per heavy atom. The Morgan fingerprint density at radius 1 is 1.35 bits per heavy atom. The maximum Gasteiger partial charge on any atom is 0.417 e. The molecule has 1 aromatic heterocycles. The maximum atomic E-state index is 12.4. The molecule has 108 valence electrons. The van der Waals surface area contributed by atoms with Crippen molar-refractivity contribution in [1.82, 2.24) is 9.88 Å². The van der Waals surface area contributed by atoms with E-state index in [0.29, 0.717) is 19.0 Å². The van der Waals surface area contributed by atoms with Crippen molar-refractivity contribution in [2.45, 2.75) is 25.1 Å². The van der Waals surface area contributed by atoms with Crippen LogP contribution in [-0.4, -0.2) is 39.5 Å². The summed E-state index contributed by atoms with van der Waals surface area (Å²) in [4.78, 5) is 27.6. The molecule has 1 fully saturated rings. The van der Waals surface area contributed by atoms with Crippen LogP contribution < -0.4 is 0 Å². The van der Waals surface area contributed by atoms with Crippen molar-refractivity contribution in [2.24, 2.45) is 0 Å². The molecular formula is C12H11F3N2O3. The third-order valence-corrected chi connectivity index (χ3v) is 3.11. The molecule has 0 aliphatic carbocycles. The Hall–Kier alpha value is -2.12. The van der Waals surface area contributed by atoms with E-state index in [2.05, 4.69) is 4.98 Å². The van der Waals surface area contributed by atoms with Crippen molar-refractivity contribution in [3.63, 3.8) is 0 Å². The van der Waals surface area contributed by atoms with E-state index in [4.69, 9.17) is 5.11 Å². The lowest BCUT2D eigenvalue weighted by atomic mass is 10.2. The van der Waals surface area contributed by atoms with Gasteiger partial charge in [0.05, 0.1) is 5.56 Å². The van der Waals surface area contributed by atoms with E-state index in [1.165, 1.54) is 0 Å². The highest BCUT2D eigenvalue weighted by Gasteiger charge is 2.35. The quantitative estimate of drug-likeness (QED) is 0.900. The minimum Gasteiger partial charge on any atom is -0.480 e. The highest BCUT2D eigenvalue weighted by Crippen LogP contribution is 2.28. The Morgan fingerprint density at radius 2 is 2.05 bits per heavy atom. The van der Waals surface area contributed by atoms with Gasteiger partial charge in [0.2, 0.25) is 0 Å². The fourth-order valence-electron chi connectivity index (χ4n) is 2.10. The molecule has 2 heterocycles. The van der Waals surface area contributed by atoms with Gasteiger partial charge < -0.3 is 10.0 Å². The van der Waals surface area contributed by atoms with Crippen LogP contribution in [0.3, 0.4) is 0 Å². The Bertz CT molecular complexity index is 528. The molecule has 20 heavy (non-hydrogen) atoms. The first-order chi connectivity index (χ1) is 9.30. The average Bonchev–Trinajstić information content (AvgIpc) is 2.86. The lowest BCUT2D eigenvalue weighted by Crippen LogP contribution is -2.40. The number of carbonyl (C=O) groups is 2. The summed E-state index contributed by atoms with van der Waals surface area (Å²) in [6, 6.07) is 0.778. The van der Waals surface area contributed by atoms with E-state index in [-0.39, 0.29) is 12.2 Å². The lowest BCUT2D eigenvalue weighted by molar-refractivity contribution is -0.141. The number of hydrogen-bond acceptors (Lipinski definition) is 3. The van der Waals surface area contributed by atoms with Gasteiger partial charge in [-0.1, -0.05) is 0 Å². The van der Waals surface area contributed by atoms with Gasteiger partial charge >= 0.3 is 12.1 Å². The number of aromatic nitrogens is 1. The number of amides is 1. The van der Waals surface area contributed by atoms with Gasteiger partial charge in [0.25, 0.3) is 5.91 Å². The fourth-order valence-corrected chi connectivity index (χ4v) is 2.10. The number of alkyl halides is 3. The summed E-state index contributed by atoms with van der Waals surface area (Å²) >= 11 is 0. The number of aliphatic carboxylic acids is 1. The summed E-state index contributed by atoms with van der Waals surface area (Å²) in [5, 5.41) is 8.97. The molecule has 0 saturated carbocycles. The molecule has 1 aromatic rings. The number of carboxylic acids is 1. The first kappa shape index (κ1) is 14.3. The standard InChI is InChI=1S/C12H11F3N2O3/c13-12(14,15)7-3-4-8(16-6-7)10(18)17-5-1-2-9(17)11(19)20/h3-4,6,9H,1-2,5H2,(H,19,20)/t9-/m0/s1. The van der Waals surface area contributed by atoms with Crippen LogP contribution >= 0.6 is 0 Å². The van der Waals surface area contributed by atoms with Gasteiger partial charge in [-0.05, 0) is 25.0 Å². The van der Waals surface area contributed by atoms with Crippen LogP contribution in [-0.2, 0) is 11.0 Å². The van der Waals surface area contributed by atoms with E-state index >= 15 is 0 Å². The SMILES string of the molecule is O=C(O)[C@@H]1CCCN1C(=O)c1ccc(C(F)(F)F)cn1. The van der Waals surface area contributed by atoms with Crippen LogP contribution in [0.25, 0.3) is 0 Å². The van der Waals surface area contributed by atoms with Gasteiger partial charge in [-0.25, -0.2) is 4.79 Å². The molecule has 1 aliphatic rings. The second kappa shape index (κ2) is 5.10. The summed E-state index contributed by atoms with van der Waals surface area (Å²) in [5.41, 5.74) is -1.14. The van der Waals surface area contributed by atoms with Crippen molar-refractivity contribution in [3.8, 4) is 0 Å². The molecule has 0 unspecified atom stereocenters. The lowest BCUT2D eigenvalue weighted by Gasteiger charge is -2.20. The van der Waals surface area contributed by atoms with Gasteiger partial charge in [-0.15, -0.1) is 0 Å². The molecule has 0 bridgehead atoms. The summed E-state index contributed by atoms with van der Waals surface area (Å²) in [6.45, 7) is 0.262. The Balaban J connectivity index is 2.19. The van der Waals surface area contributed by atoms with Gasteiger partial charge in [0.1, 0.15) is 11.7 Å². The molecule has 1 amide bonds. The molecule has 2 rings (SSSR count). The van der Waals surface area contributed by atoms with E-state index in [0.717, 1.165) is 17.0 Å². The fraction of sp³-hybridized carbons (Fsp3) is 0.417. The van der Waals surface area contributed by atoms with Crippen molar-refractivity contribution in [3.05, 3.63) is 29.6 Å². The zero-order valence-corrected chi connectivity index (χ0v) is 10.2. The van der Waals surface area contributed by atoms with Crippen molar-refractivity contribution >= 4 is 11.9 Å². The molecule has 1 N–H and O–H groups in total. The van der Waals surface area contributed by atoms with E-state index in [1.807, 2.05) is 0 Å². The summed E-state index contributed by atoms with van der Waals surface area (Å²) < 4.78 is 37.1. The molecule has 5 nitrogen and oxygen atoms in total. The van der Waals surface area contributed by atoms with Crippen LogP contribution in [0.15, 0.2) is 18.3 Å². The van der Waals surface area contributed by atoms with Gasteiger partial charge in [0, 0.05) is 12.7 Å². The predicted molar refractivity (Wildman–Crippen MR) is 60.9 cm³/mol. The maximum absolute atomic E-state index is 12.4. The van der Waals surface area contributed by atoms with E-state index in [1.54, 1.807) is 0 Å². The number of hydrogen-bond donors (Lipinski definition) is 1. The molecule has 0 aromatic carbocycles. The highest BCUT2D eigenvalue weighted by molar-refractivity contribution is 5.95. The van der Waals surface area contributed by atoms with Crippen LogP contribution in [0.2, 0.25) is 0 Å². The minimum absolute atomic E-state index is 0.189. The molecule has 0 spiro atoms. The van der Waals surface area contributed by atoms with Crippen LogP contribution in [0, 0.1) is 0 Å². The smallest absolute Gasteiger partial charge is 0.417 e. The van der Waals surface area contributed by atoms with Crippen molar-refractivity contribution in [1.29, 1.82) is 0 Å². The molecule has 0 radical (unpaired) electrons. The Labute approximate surface area is 112 Å². The zero-order valence-electron chi connectivity index (χ0n) is 10.2. The third kappa shape index (κ3) is 2.73. The number of halogens is 3. The topological polar surface area (TPSA) is 70.5 Å². The predicted octanol–water partition coefficient (Wildman–Crippen LogP) is 1.79. The molecule has 8 heteroatoms. The van der Waals surface area contributed by atoms with Gasteiger partial charge in [-0.2, -0.15) is 13.2 Å². The first-order valence-electron chi connectivity index (χ1n) is 5.87. The number of carboxylic acid groups (broad SMARTS) is 1. The summed E-state index contributed by atoms with van der Waals surface area (Å²) in [5.74, 6) is -1.79. The van der Waals surface area contributed by atoms with Crippen LogP contribution in [0.1, 0.15) is 28.9 Å². The largest absolute Gasteiger partial charge is 0.480 e. The van der Waals surface area contributed by atoms with Crippen LogP contribution in [0.4, 0.5) is 13.2 Å². The van der Waals surface area contributed by atoms with Crippen molar-refractivity contribution in [2.75, 3.05) is 6.54 Å². The molecule has 1 saturated heterocycles. The average molecular weight is 288 g/mol. The first-order valence-corrected chi connectivity index (χ1v) is 5.87. The number of likely N-dealkylation sites (tertiary alicyclic amines) is 1. The summed E-state index contributed by atoms with van der Waals surface area (Å²) in [6.07, 6.45) is -3.07. The van der Waals surface area contributed by atoms with Crippen LogP contribution in [0.5, 0.6) is 0 Å². The third-order valence-electron chi connectivity index (χ3n) is 3.11. The molecule has 1 atom stereocenters. The number of nitrogens with zero attached hydrogens (tertiary/aromatic N) is 2. The second-order valence-electron chi connectivity index (χ2n) is 4.42. The minimum atomic E-state index is -4.52. The normalized spacial score (nSPS) is 19.1. The number of rotatable bonds is 2. The zero-order chi connectivity index (χ0) is 14.9. The van der Waals surface area contributed by atoms with E-state index < -0.39 is 29.7 Å². The number of pyridine rings is 1. The second-order valence-corrected chi connectivity index (χ2v) is 4.42. The highest BCUT2D eigenvalue weighted by atomic mass is 19.4. The van der Waals surface area contributed by atoms with Gasteiger partial charge in [-0.3, -0.25) is 9.78 Å². The summed E-state index contributed by atoms with van der Waals surface area (Å²) in [7, 11) is 0. The Kier molecular flexibility index (Phi) is 3.65.